The first-order chi connectivity index (χ1) is 9.19. The molecule has 0 bridgehead atoms. The Morgan fingerprint density at radius 2 is 2.47 bits per heavy atom. The molecule has 0 aliphatic carbocycles. The first kappa shape index (κ1) is 13.3. The molecule has 3 N–H and O–H groups in total. The lowest BCUT2D eigenvalue weighted by atomic mass is 9.98. The van der Waals surface area contributed by atoms with Gasteiger partial charge in [-0.15, -0.1) is 12.3 Å². The Morgan fingerprint density at radius 1 is 1.68 bits per heavy atom. The number of nitrogens with one attached hydrogen (secondary N) is 1. The summed E-state index contributed by atoms with van der Waals surface area (Å²) in [7, 11) is 2.00. The zero-order valence-corrected chi connectivity index (χ0v) is 11.5. The van der Waals surface area contributed by atoms with Gasteiger partial charge in [0.25, 0.3) is 0 Å². The van der Waals surface area contributed by atoms with Gasteiger partial charge in [0.1, 0.15) is 18.3 Å². The van der Waals surface area contributed by atoms with E-state index >= 15 is 0 Å². The van der Waals surface area contributed by atoms with Crippen molar-refractivity contribution in [2.45, 2.75) is 26.2 Å². The average molecular weight is 256 g/mol. The highest BCUT2D eigenvalue weighted by Crippen LogP contribution is 2.32. The zero-order valence-electron chi connectivity index (χ0n) is 11.5. The van der Waals surface area contributed by atoms with Gasteiger partial charge in [0, 0.05) is 25.2 Å². The molecule has 2 rings (SSSR count). The van der Waals surface area contributed by atoms with E-state index in [0.717, 1.165) is 29.8 Å². The quantitative estimate of drug-likeness (QED) is 0.812. The molecule has 1 aromatic heterocycles. The first-order valence-electron chi connectivity index (χ1n) is 6.54. The van der Waals surface area contributed by atoms with Gasteiger partial charge in [0.2, 0.25) is 0 Å². The second-order valence-electron chi connectivity index (χ2n) is 4.70. The molecule has 0 fully saturated rings. The van der Waals surface area contributed by atoms with E-state index in [1.54, 1.807) is 0 Å². The Bertz CT molecular complexity index is 557. The SMILES string of the molecule is C#CC/C=C(\CCC)c1c[nH]c2c1C(N)=NCN2C. The number of rotatable bonds is 4. The Kier molecular flexibility index (Phi) is 3.96. The van der Waals surface area contributed by atoms with Gasteiger partial charge in [-0.2, -0.15) is 0 Å². The minimum Gasteiger partial charge on any atom is -0.383 e. The van der Waals surface area contributed by atoms with Gasteiger partial charge in [-0.05, 0) is 12.0 Å². The third kappa shape index (κ3) is 2.50. The molecule has 0 aromatic carbocycles. The molecule has 0 saturated heterocycles. The topological polar surface area (TPSA) is 57.4 Å². The number of aromatic amines is 1. The maximum atomic E-state index is 6.05. The largest absolute Gasteiger partial charge is 0.383 e. The number of fused-ring (bicyclic) bond motifs is 1. The number of aromatic nitrogens is 1. The minimum atomic E-state index is 0.593. The van der Waals surface area contributed by atoms with Gasteiger partial charge in [-0.25, -0.2) is 4.99 Å². The van der Waals surface area contributed by atoms with E-state index in [4.69, 9.17) is 12.2 Å². The normalized spacial score (nSPS) is 14.9. The standard InChI is InChI=1S/C15H20N4/c1-4-6-8-11(7-5-2)12-9-17-15-13(12)14(16)18-10-19(15)3/h1,8-9,17H,5-7,10H2,2-3H3,(H2,16,18)/b11-8+. The summed E-state index contributed by atoms with van der Waals surface area (Å²) in [6.07, 6.45) is 12.2. The minimum absolute atomic E-state index is 0.593. The molecule has 4 heteroatoms. The van der Waals surface area contributed by atoms with Gasteiger partial charge in [0.15, 0.2) is 0 Å². The molecule has 0 atom stereocenters. The van der Waals surface area contributed by atoms with Crippen LogP contribution >= 0.6 is 0 Å². The molecule has 0 spiro atoms. The number of nitrogens with two attached hydrogens (primary N) is 1. The lowest BCUT2D eigenvalue weighted by molar-refractivity contribution is 0.896. The van der Waals surface area contributed by atoms with E-state index in [0.29, 0.717) is 18.9 Å². The molecule has 1 aliphatic rings. The molecule has 1 aromatic rings. The van der Waals surface area contributed by atoms with Crippen molar-refractivity contribution in [3.63, 3.8) is 0 Å². The van der Waals surface area contributed by atoms with Crippen LogP contribution in [0.5, 0.6) is 0 Å². The maximum Gasteiger partial charge on any atom is 0.132 e. The van der Waals surface area contributed by atoms with E-state index in [1.807, 2.05) is 13.2 Å². The fraction of sp³-hybridized carbons (Fsp3) is 0.400. The molecule has 0 amide bonds. The number of hydrogen-bond donors (Lipinski definition) is 2. The van der Waals surface area contributed by atoms with Crippen molar-refractivity contribution in [2.75, 3.05) is 18.6 Å². The number of anilines is 1. The van der Waals surface area contributed by atoms with Gasteiger partial charge in [-0.3, -0.25) is 0 Å². The van der Waals surface area contributed by atoms with E-state index in [1.165, 1.54) is 5.57 Å². The molecule has 4 nitrogen and oxygen atoms in total. The summed E-state index contributed by atoms with van der Waals surface area (Å²) in [5.41, 5.74) is 9.42. The first-order valence-corrected chi connectivity index (χ1v) is 6.54. The average Bonchev–Trinajstić information content (AvgIpc) is 2.85. The Hall–Kier alpha value is -2.15. The predicted molar refractivity (Wildman–Crippen MR) is 81.1 cm³/mol. The lowest BCUT2D eigenvalue weighted by Gasteiger charge is -2.22. The maximum absolute atomic E-state index is 6.05. The summed E-state index contributed by atoms with van der Waals surface area (Å²) in [5, 5.41) is 0. The molecule has 19 heavy (non-hydrogen) atoms. The molecule has 1 aliphatic heterocycles. The number of hydrogen-bond acceptors (Lipinski definition) is 3. The smallest absolute Gasteiger partial charge is 0.132 e. The van der Waals surface area contributed by atoms with Crippen LogP contribution in [0.4, 0.5) is 5.82 Å². The highest BCUT2D eigenvalue weighted by Gasteiger charge is 2.22. The lowest BCUT2D eigenvalue weighted by Crippen LogP contribution is -2.29. The third-order valence-electron chi connectivity index (χ3n) is 3.28. The summed E-state index contributed by atoms with van der Waals surface area (Å²) in [5.74, 6) is 4.30. The Balaban J connectivity index is 2.46. The number of amidine groups is 1. The van der Waals surface area contributed by atoms with E-state index < -0.39 is 0 Å². The molecule has 0 radical (unpaired) electrons. The van der Waals surface area contributed by atoms with Crippen LogP contribution in [-0.2, 0) is 0 Å². The number of allylic oxidation sites excluding steroid dienone is 2. The van der Waals surface area contributed by atoms with Gasteiger partial charge in [-0.1, -0.05) is 19.4 Å². The number of H-pyrrole nitrogens is 1. The van der Waals surface area contributed by atoms with E-state index in [-0.39, 0.29) is 0 Å². The van der Waals surface area contributed by atoms with Crippen LogP contribution < -0.4 is 10.6 Å². The summed E-state index contributed by atoms with van der Waals surface area (Å²) >= 11 is 0. The van der Waals surface area contributed by atoms with Crippen LogP contribution in [0.15, 0.2) is 17.3 Å². The second-order valence-corrected chi connectivity index (χ2v) is 4.70. The van der Waals surface area contributed by atoms with Crippen molar-refractivity contribution in [3.8, 4) is 12.3 Å². The van der Waals surface area contributed by atoms with Crippen molar-refractivity contribution >= 4 is 17.2 Å². The molecular weight excluding hydrogens is 236 g/mol. The summed E-state index contributed by atoms with van der Waals surface area (Å²) in [4.78, 5) is 9.69. The van der Waals surface area contributed by atoms with Crippen LogP contribution in [0.3, 0.4) is 0 Å². The van der Waals surface area contributed by atoms with Crippen LogP contribution in [0.1, 0.15) is 37.3 Å². The zero-order chi connectivity index (χ0) is 13.8. The summed E-state index contributed by atoms with van der Waals surface area (Å²) in [6.45, 7) is 2.75. The van der Waals surface area contributed by atoms with Gasteiger partial charge in [0.05, 0.1) is 5.56 Å². The van der Waals surface area contributed by atoms with Gasteiger partial charge >= 0.3 is 0 Å². The van der Waals surface area contributed by atoms with Crippen LogP contribution in [-0.4, -0.2) is 24.5 Å². The summed E-state index contributed by atoms with van der Waals surface area (Å²) < 4.78 is 0. The highest BCUT2D eigenvalue weighted by molar-refractivity contribution is 6.07. The molecule has 2 heterocycles. The fourth-order valence-corrected chi connectivity index (χ4v) is 2.36. The second kappa shape index (κ2) is 5.66. The van der Waals surface area contributed by atoms with Crippen LogP contribution in [0.2, 0.25) is 0 Å². The van der Waals surface area contributed by atoms with Crippen LogP contribution in [0.25, 0.3) is 5.57 Å². The van der Waals surface area contributed by atoms with E-state index in [9.17, 15) is 0 Å². The third-order valence-corrected chi connectivity index (χ3v) is 3.28. The Labute approximate surface area is 114 Å². The molecule has 0 unspecified atom stereocenters. The fourth-order valence-electron chi connectivity index (χ4n) is 2.36. The van der Waals surface area contributed by atoms with Crippen molar-refractivity contribution in [3.05, 3.63) is 23.4 Å². The van der Waals surface area contributed by atoms with Crippen molar-refractivity contribution < 1.29 is 0 Å². The highest BCUT2D eigenvalue weighted by atomic mass is 15.2. The monoisotopic (exact) mass is 256 g/mol. The Morgan fingerprint density at radius 3 is 3.16 bits per heavy atom. The van der Waals surface area contributed by atoms with Crippen molar-refractivity contribution in [2.24, 2.45) is 10.7 Å². The van der Waals surface area contributed by atoms with Crippen molar-refractivity contribution in [1.82, 2.24) is 4.98 Å². The predicted octanol–water partition coefficient (Wildman–Crippen LogP) is 2.33. The summed E-state index contributed by atoms with van der Waals surface area (Å²) in [6, 6.07) is 0. The molecular formula is C15H20N4. The number of aliphatic imine (C=N–C) groups is 1. The number of terminal acetylenes is 1. The number of nitrogens with zero attached hydrogens (tertiary/aromatic N) is 2. The molecule has 100 valence electrons. The van der Waals surface area contributed by atoms with Crippen molar-refractivity contribution in [1.29, 1.82) is 0 Å². The van der Waals surface area contributed by atoms with Gasteiger partial charge < -0.3 is 15.6 Å². The van der Waals surface area contributed by atoms with Crippen LogP contribution in [0, 0.1) is 12.3 Å². The molecule has 0 saturated carbocycles. The van der Waals surface area contributed by atoms with E-state index in [2.05, 4.69) is 33.8 Å².